The Morgan fingerprint density at radius 2 is 2.23 bits per heavy atom. The summed E-state index contributed by atoms with van der Waals surface area (Å²) >= 11 is 0. The largest absolute Gasteiger partial charge is 0.351 e. The molecule has 1 heteroatoms. The van der Waals surface area contributed by atoms with E-state index in [-0.39, 0.29) is 0 Å². The molecule has 72 valence electrons. The van der Waals surface area contributed by atoms with E-state index in [9.17, 15) is 0 Å². The number of hydrogen-bond donors (Lipinski definition) is 0. The fourth-order valence-corrected chi connectivity index (χ4v) is 2.26. The van der Waals surface area contributed by atoms with Gasteiger partial charge in [-0.3, -0.25) is 0 Å². The zero-order valence-corrected chi connectivity index (χ0v) is 8.71. The highest BCUT2D eigenvalue weighted by molar-refractivity contribution is 5.24. The quantitative estimate of drug-likeness (QED) is 0.654. The average Bonchev–Trinajstić information content (AvgIpc) is 2.48. The van der Waals surface area contributed by atoms with E-state index in [0.29, 0.717) is 0 Å². The highest BCUT2D eigenvalue weighted by Gasteiger charge is 2.13. The smallest absolute Gasteiger partial charge is 0.0222 e. The molecular weight excluding hydrogens is 158 g/mol. The summed E-state index contributed by atoms with van der Waals surface area (Å²) < 4.78 is 2.45. The predicted molar refractivity (Wildman–Crippen MR) is 55.9 cm³/mol. The summed E-state index contributed by atoms with van der Waals surface area (Å²) in [7, 11) is 0. The van der Waals surface area contributed by atoms with Crippen molar-refractivity contribution in [3.05, 3.63) is 23.5 Å². The van der Waals surface area contributed by atoms with Gasteiger partial charge in [0.25, 0.3) is 0 Å². The Balaban J connectivity index is 2.21. The molecule has 2 heterocycles. The summed E-state index contributed by atoms with van der Waals surface area (Å²) in [5.74, 6) is 0.786. The van der Waals surface area contributed by atoms with E-state index in [4.69, 9.17) is 0 Å². The normalized spacial score (nSPS) is 16.2. The van der Waals surface area contributed by atoms with E-state index in [1.807, 2.05) is 0 Å². The Morgan fingerprint density at radius 3 is 3.00 bits per heavy atom. The van der Waals surface area contributed by atoms with E-state index >= 15 is 0 Å². The van der Waals surface area contributed by atoms with Gasteiger partial charge < -0.3 is 4.57 Å². The molecule has 0 aromatic carbocycles. The molecule has 0 radical (unpaired) electrons. The second kappa shape index (κ2) is 3.57. The third kappa shape index (κ3) is 1.79. The third-order valence-electron chi connectivity index (χ3n) is 2.86. The number of nitrogens with zero attached hydrogens (tertiary/aromatic N) is 1. The SMILES string of the molecule is CC(C)Cc1ccn2c1CCCC2. The van der Waals surface area contributed by atoms with Gasteiger partial charge in [-0.2, -0.15) is 0 Å². The summed E-state index contributed by atoms with van der Waals surface area (Å²) in [6.45, 7) is 5.84. The van der Waals surface area contributed by atoms with Crippen LogP contribution in [0, 0.1) is 5.92 Å². The molecule has 1 aromatic heterocycles. The van der Waals surface area contributed by atoms with Gasteiger partial charge >= 0.3 is 0 Å². The molecule has 0 aliphatic carbocycles. The van der Waals surface area contributed by atoms with Gasteiger partial charge in [0.05, 0.1) is 0 Å². The minimum Gasteiger partial charge on any atom is -0.351 e. The zero-order chi connectivity index (χ0) is 9.26. The second-order valence-electron chi connectivity index (χ2n) is 4.54. The minimum absolute atomic E-state index is 0.786. The molecule has 0 atom stereocenters. The predicted octanol–water partition coefficient (Wildman–Crippen LogP) is 3.02. The van der Waals surface area contributed by atoms with E-state index < -0.39 is 0 Å². The maximum atomic E-state index is 2.45. The Hall–Kier alpha value is -0.720. The summed E-state index contributed by atoms with van der Waals surface area (Å²) in [4.78, 5) is 0. The van der Waals surface area contributed by atoms with Crippen LogP contribution in [0.3, 0.4) is 0 Å². The molecule has 0 N–H and O–H groups in total. The first-order valence-corrected chi connectivity index (χ1v) is 5.44. The Bertz CT molecular complexity index is 283. The monoisotopic (exact) mass is 177 g/mol. The molecule has 2 rings (SSSR count). The second-order valence-corrected chi connectivity index (χ2v) is 4.54. The number of aromatic nitrogens is 1. The molecule has 0 spiro atoms. The molecule has 13 heavy (non-hydrogen) atoms. The van der Waals surface area contributed by atoms with Crippen molar-refractivity contribution in [3.8, 4) is 0 Å². The van der Waals surface area contributed by atoms with Crippen molar-refractivity contribution in [2.24, 2.45) is 5.92 Å². The molecule has 0 amide bonds. The van der Waals surface area contributed by atoms with Gasteiger partial charge in [0.15, 0.2) is 0 Å². The highest BCUT2D eigenvalue weighted by atomic mass is 15.0. The van der Waals surface area contributed by atoms with Crippen LogP contribution < -0.4 is 0 Å². The first-order valence-electron chi connectivity index (χ1n) is 5.44. The van der Waals surface area contributed by atoms with Gasteiger partial charge in [0.2, 0.25) is 0 Å². The van der Waals surface area contributed by atoms with Crippen molar-refractivity contribution < 1.29 is 0 Å². The van der Waals surface area contributed by atoms with Gasteiger partial charge in [-0.05, 0) is 43.2 Å². The van der Waals surface area contributed by atoms with Gasteiger partial charge in [0, 0.05) is 18.4 Å². The average molecular weight is 177 g/mol. The molecule has 0 unspecified atom stereocenters. The lowest BCUT2D eigenvalue weighted by Crippen LogP contribution is -2.10. The first kappa shape index (κ1) is 8.86. The number of aryl methyl sites for hydroxylation is 1. The molecule has 0 saturated heterocycles. The zero-order valence-electron chi connectivity index (χ0n) is 8.71. The third-order valence-corrected chi connectivity index (χ3v) is 2.86. The van der Waals surface area contributed by atoms with Crippen LogP contribution in [-0.4, -0.2) is 4.57 Å². The van der Waals surface area contributed by atoms with Crippen molar-refractivity contribution in [1.82, 2.24) is 4.57 Å². The van der Waals surface area contributed by atoms with Gasteiger partial charge in [-0.1, -0.05) is 13.8 Å². The molecule has 0 bridgehead atoms. The lowest BCUT2D eigenvalue weighted by Gasteiger charge is -2.17. The van der Waals surface area contributed by atoms with Crippen LogP contribution in [0.5, 0.6) is 0 Å². The lowest BCUT2D eigenvalue weighted by atomic mass is 9.99. The lowest BCUT2D eigenvalue weighted by molar-refractivity contribution is 0.524. The van der Waals surface area contributed by atoms with E-state index in [1.165, 1.54) is 32.2 Å². The maximum absolute atomic E-state index is 2.45. The number of fused-ring (bicyclic) bond motifs is 1. The van der Waals surface area contributed by atoms with E-state index in [1.54, 1.807) is 11.3 Å². The highest BCUT2D eigenvalue weighted by Crippen LogP contribution is 2.22. The van der Waals surface area contributed by atoms with Crippen molar-refractivity contribution in [2.75, 3.05) is 0 Å². The molecule has 0 fully saturated rings. The van der Waals surface area contributed by atoms with Crippen LogP contribution in [0.1, 0.15) is 37.9 Å². The summed E-state index contributed by atoms with van der Waals surface area (Å²) in [6, 6.07) is 2.32. The van der Waals surface area contributed by atoms with Crippen LogP contribution in [0.4, 0.5) is 0 Å². The van der Waals surface area contributed by atoms with Crippen molar-refractivity contribution in [1.29, 1.82) is 0 Å². The minimum atomic E-state index is 0.786. The maximum Gasteiger partial charge on any atom is 0.0222 e. The van der Waals surface area contributed by atoms with Crippen LogP contribution in [0.15, 0.2) is 12.3 Å². The molecule has 1 aromatic rings. The van der Waals surface area contributed by atoms with Crippen LogP contribution >= 0.6 is 0 Å². The Morgan fingerprint density at radius 1 is 1.38 bits per heavy atom. The Labute approximate surface area is 80.8 Å². The summed E-state index contributed by atoms with van der Waals surface area (Å²) in [5.41, 5.74) is 3.20. The number of rotatable bonds is 2. The fourth-order valence-electron chi connectivity index (χ4n) is 2.26. The topological polar surface area (TPSA) is 4.93 Å². The van der Waals surface area contributed by atoms with E-state index in [2.05, 4.69) is 30.7 Å². The molecular formula is C12H19N. The van der Waals surface area contributed by atoms with Crippen LogP contribution in [0.2, 0.25) is 0 Å². The van der Waals surface area contributed by atoms with Crippen molar-refractivity contribution in [3.63, 3.8) is 0 Å². The van der Waals surface area contributed by atoms with Crippen molar-refractivity contribution in [2.45, 2.75) is 46.1 Å². The Kier molecular flexibility index (Phi) is 2.43. The fraction of sp³-hybridized carbons (Fsp3) is 0.667. The van der Waals surface area contributed by atoms with Gasteiger partial charge in [0.1, 0.15) is 0 Å². The van der Waals surface area contributed by atoms with Gasteiger partial charge in [-0.15, -0.1) is 0 Å². The van der Waals surface area contributed by atoms with Gasteiger partial charge in [-0.25, -0.2) is 0 Å². The van der Waals surface area contributed by atoms with Crippen molar-refractivity contribution >= 4 is 0 Å². The molecule has 1 aliphatic heterocycles. The van der Waals surface area contributed by atoms with Crippen LogP contribution in [-0.2, 0) is 19.4 Å². The van der Waals surface area contributed by atoms with E-state index in [0.717, 1.165) is 5.92 Å². The standard InChI is InChI=1S/C12H19N/c1-10(2)9-11-6-8-13-7-4-3-5-12(11)13/h6,8,10H,3-5,7,9H2,1-2H3. The summed E-state index contributed by atoms with van der Waals surface area (Å²) in [5, 5.41) is 0. The number of hydrogen-bond acceptors (Lipinski definition) is 0. The molecule has 0 saturated carbocycles. The first-order chi connectivity index (χ1) is 6.27. The molecule has 1 nitrogen and oxygen atoms in total. The summed E-state index contributed by atoms with van der Waals surface area (Å²) in [6.07, 6.45) is 7.57. The van der Waals surface area contributed by atoms with Crippen LogP contribution in [0.25, 0.3) is 0 Å². The molecule has 1 aliphatic rings.